The van der Waals surface area contributed by atoms with E-state index in [2.05, 4.69) is 17.1 Å². The van der Waals surface area contributed by atoms with E-state index in [0.717, 1.165) is 39.0 Å². The third-order valence-corrected chi connectivity index (χ3v) is 6.28. The molecule has 2 aliphatic heterocycles. The van der Waals surface area contributed by atoms with Crippen LogP contribution in [0.2, 0.25) is 0 Å². The second kappa shape index (κ2) is 7.17. The maximum absolute atomic E-state index is 12.7. The average molecular weight is 304 g/mol. The lowest BCUT2D eigenvalue weighted by molar-refractivity contribution is 0.197. The number of likely N-dealkylation sites (N-methyl/N-ethyl adjacent to an activating group) is 1. The molecule has 0 amide bonds. The maximum atomic E-state index is 12.7. The van der Waals surface area contributed by atoms with Crippen LogP contribution in [0.25, 0.3) is 0 Å². The van der Waals surface area contributed by atoms with Crippen molar-refractivity contribution >= 4 is 10.2 Å². The minimum Gasteiger partial charge on any atom is -0.317 e. The Hall–Kier alpha value is -0.210. The molecule has 2 heterocycles. The van der Waals surface area contributed by atoms with Gasteiger partial charge in [0.2, 0.25) is 0 Å². The quantitative estimate of drug-likeness (QED) is 0.764. The Morgan fingerprint density at radius 2 is 1.80 bits per heavy atom. The molecule has 1 atom stereocenters. The Morgan fingerprint density at radius 1 is 1.10 bits per heavy atom. The van der Waals surface area contributed by atoms with E-state index in [-0.39, 0.29) is 0 Å². The van der Waals surface area contributed by atoms with Crippen LogP contribution in [0.3, 0.4) is 0 Å². The van der Waals surface area contributed by atoms with Crippen LogP contribution >= 0.6 is 0 Å². The van der Waals surface area contributed by atoms with Gasteiger partial charge in [-0.25, -0.2) is 0 Å². The molecule has 118 valence electrons. The lowest BCUT2D eigenvalue weighted by Gasteiger charge is -2.38. The molecule has 0 bridgehead atoms. The predicted octanol–water partition coefficient (Wildman–Crippen LogP) is -0.200. The molecule has 0 spiro atoms. The third kappa shape index (κ3) is 3.92. The van der Waals surface area contributed by atoms with Gasteiger partial charge in [-0.05, 0) is 38.9 Å². The molecule has 2 aliphatic rings. The minimum atomic E-state index is -3.25. The molecule has 0 aliphatic carbocycles. The highest BCUT2D eigenvalue weighted by Gasteiger charge is 2.34. The monoisotopic (exact) mass is 304 g/mol. The Morgan fingerprint density at radius 3 is 2.45 bits per heavy atom. The van der Waals surface area contributed by atoms with Crippen LogP contribution < -0.4 is 5.32 Å². The number of piperazine rings is 1. The van der Waals surface area contributed by atoms with E-state index in [1.165, 1.54) is 0 Å². The van der Waals surface area contributed by atoms with Crippen molar-refractivity contribution in [2.75, 3.05) is 59.4 Å². The van der Waals surface area contributed by atoms with E-state index in [0.29, 0.717) is 32.1 Å². The van der Waals surface area contributed by atoms with Crippen molar-refractivity contribution in [2.45, 2.75) is 19.8 Å². The zero-order chi connectivity index (χ0) is 14.6. The van der Waals surface area contributed by atoms with E-state index >= 15 is 0 Å². The van der Waals surface area contributed by atoms with Crippen LogP contribution in [0, 0.1) is 5.92 Å². The number of rotatable bonds is 5. The van der Waals surface area contributed by atoms with Gasteiger partial charge in [0, 0.05) is 39.3 Å². The molecule has 0 aromatic rings. The number of piperidine rings is 1. The molecular weight excluding hydrogens is 276 g/mol. The van der Waals surface area contributed by atoms with Gasteiger partial charge in [-0.15, -0.1) is 0 Å². The van der Waals surface area contributed by atoms with Gasteiger partial charge in [0.15, 0.2) is 0 Å². The van der Waals surface area contributed by atoms with Gasteiger partial charge in [0.1, 0.15) is 0 Å². The molecule has 2 fully saturated rings. The summed E-state index contributed by atoms with van der Waals surface area (Å²) in [5.41, 5.74) is 0. The predicted molar refractivity (Wildman–Crippen MR) is 80.8 cm³/mol. The fourth-order valence-electron chi connectivity index (χ4n) is 2.93. The standard InChI is InChI=1S/C13H28N4O2S/c1-3-14-11-13-5-4-6-17(12-13)20(18,19)16-9-7-15(2)8-10-16/h13-14H,3-12H2,1-2H3. The topological polar surface area (TPSA) is 55.9 Å². The van der Waals surface area contributed by atoms with Crippen LogP contribution in [-0.4, -0.2) is 81.3 Å². The fourth-order valence-corrected chi connectivity index (χ4v) is 4.64. The highest BCUT2D eigenvalue weighted by molar-refractivity contribution is 7.86. The van der Waals surface area contributed by atoms with Crippen molar-refractivity contribution in [3.63, 3.8) is 0 Å². The van der Waals surface area contributed by atoms with Crippen molar-refractivity contribution in [1.29, 1.82) is 0 Å². The zero-order valence-corrected chi connectivity index (χ0v) is 13.5. The first kappa shape index (κ1) is 16.2. The van der Waals surface area contributed by atoms with Crippen molar-refractivity contribution in [3.8, 4) is 0 Å². The summed E-state index contributed by atoms with van der Waals surface area (Å²) in [5, 5.41) is 3.33. The first-order valence-corrected chi connectivity index (χ1v) is 9.08. The summed E-state index contributed by atoms with van der Waals surface area (Å²) in [4.78, 5) is 2.18. The molecule has 2 saturated heterocycles. The van der Waals surface area contributed by atoms with Gasteiger partial charge >= 0.3 is 0 Å². The molecule has 0 aromatic heterocycles. The van der Waals surface area contributed by atoms with Crippen molar-refractivity contribution in [3.05, 3.63) is 0 Å². The lowest BCUT2D eigenvalue weighted by atomic mass is 10.00. The van der Waals surface area contributed by atoms with Gasteiger partial charge in [-0.1, -0.05) is 6.92 Å². The van der Waals surface area contributed by atoms with Gasteiger partial charge in [0.25, 0.3) is 10.2 Å². The summed E-state index contributed by atoms with van der Waals surface area (Å²) in [5.74, 6) is 0.450. The fraction of sp³-hybridized carbons (Fsp3) is 1.00. The summed E-state index contributed by atoms with van der Waals surface area (Å²) >= 11 is 0. The SMILES string of the molecule is CCNCC1CCCN(S(=O)(=O)N2CCN(C)CC2)C1. The van der Waals surface area contributed by atoms with E-state index < -0.39 is 10.2 Å². The van der Waals surface area contributed by atoms with Crippen LogP contribution in [0.4, 0.5) is 0 Å². The third-order valence-electron chi connectivity index (χ3n) is 4.28. The lowest BCUT2D eigenvalue weighted by Crippen LogP contribution is -2.54. The Kier molecular flexibility index (Phi) is 5.80. The molecule has 0 aromatic carbocycles. The van der Waals surface area contributed by atoms with Gasteiger partial charge in [0.05, 0.1) is 0 Å². The van der Waals surface area contributed by atoms with Crippen LogP contribution in [0.1, 0.15) is 19.8 Å². The molecule has 0 radical (unpaired) electrons. The molecule has 0 saturated carbocycles. The molecule has 7 heteroatoms. The summed E-state index contributed by atoms with van der Waals surface area (Å²) in [6.45, 7) is 8.19. The largest absolute Gasteiger partial charge is 0.317 e. The molecule has 20 heavy (non-hydrogen) atoms. The summed E-state index contributed by atoms with van der Waals surface area (Å²) in [6.07, 6.45) is 2.10. The van der Waals surface area contributed by atoms with E-state index in [9.17, 15) is 8.42 Å². The first-order chi connectivity index (χ1) is 9.54. The Bertz CT molecular complexity index is 393. The number of nitrogens with one attached hydrogen (secondary N) is 1. The minimum absolute atomic E-state index is 0.450. The Balaban J connectivity index is 1.94. The van der Waals surface area contributed by atoms with Crippen molar-refractivity contribution < 1.29 is 8.42 Å². The van der Waals surface area contributed by atoms with E-state index in [4.69, 9.17) is 0 Å². The van der Waals surface area contributed by atoms with Crippen molar-refractivity contribution in [1.82, 2.24) is 18.8 Å². The second-order valence-electron chi connectivity index (χ2n) is 5.88. The summed E-state index contributed by atoms with van der Waals surface area (Å²) in [7, 11) is -1.22. The number of hydrogen-bond donors (Lipinski definition) is 1. The Labute approximate surface area is 123 Å². The highest BCUT2D eigenvalue weighted by atomic mass is 32.2. The van der Waals surface area contributed by atoms with Crippen LogP contribution in [-0.2, 0) is 10.2 Å². The average Bonchev–Trinajstić information content (AvgIpc) is 2.46. The van der Waals surface area contributed by atoms with E-state index in [1.807, 2.05) is 7.05 Å². The molecule has 6 nitrogen and oxygen atoms in total. The summed E-state index contributed by atoms with van der Waals surface area (Å²) in [6, 6.07) is 0. The van der Waals surface area contributed by atoms with Crippen LogP contribution in [0.5, 0.6) is 0 Å². The van der Waals surface area contributed by atoms with Gasteiger partial charge in [-0.2, -0.15) is 17.0 Å². The van der Waals surface area contributed by atoms with Crippen molar-refractivity contribution in [2.24, 2.45) is 5.92 Å². The summed E-state index contributed by atoms with van der Waals surface area (Å²) < 4.78 is 28.7. The second-order valence-corrected chi connectivity index (χ2v) is 7.81. The smallest absolute Gasteiger partial charge is 0.282 e. The van der Waals surface area contributed by atoms with Gasteiger partial charge in [-0.3, -0.25) is 0 Å². The molecule has 2 rings (SSSR count). The van der Waals surface area contributed by atoms with Crippen LogP contribution in [0.15, 0.2) is 0 Å². The first-order valence-electron chi connectivity index (χ1n) is 7.68. The molecular formula is C13H28N4O2S. The van der Waals surface area contributed by atoms with E-state index in [1.54, 1.807) is 8.61 Å². The normalized spacial score (nSPS) is 27.8. The zero-order valence-electron chi connectivity index (χ0n) is 12.7. The maximum Gasteiger partial charge on any atom is 0.282 e. The highest BCUT2D eigenvalue weighted by Crippen LogP contribution is 2.21. The molecule has 1 N–H and O–H groups in total. The number of nitrogens with zero attached hydrogens (tertiary/aromatic N) is 3. The number of hydrogen-bond acceptors (Lipinski definition) is 4. The molecule has 1 unspecified atom stereocenters. The van der Waals surface area contributed by atoms with Gasteiger partial charge < -0.3 is 10.2 Å².